The first-order valence-corrected chi connectivity index (χ1v) is 9.34. The number of rotatable bonds is 4. The van der Waals surface area contributed by atoms with Crippen molar-refractivity contribution in [3.63, 3.8) is 0 Å². The molecule has 4 heteroatoms. The Kier molecular flexibility index (Phi) is 4.09. The highest BCUT2D eigenvalue weighted by atomic mass is 16.6. The van der Waals surface area contributed by atoms with Gasteiger partial charge in [0.15, 0.2) is 0 Å². The van der Waals surface area contributed by atoms with Crippen LogP contribution in [-0.4, -0.2) is 25.9 Å². The SMILES string of the molecule is CO/N=C(\C)C12C[C@@H]3CC(C[C@@H](C3)C1)C2c1ccc(C(=O)OC)cc1. The molecule has 4 nitrogen and oxygen atoms in total. The summed E-state index contributed by atoms with van der Waals surface area (Å²) in [6.07, 6.45) is 6.51. The van der Waals surface area contributed by atoms with Crippen LogP contribution in [0.3, 0.4) is 0 Å². The molecule has 0 amide bonds. The third-order valence-corrected chi connectivity index (χ3v) is 6.95. The van der Waals surface area contributed by atoms with Gasteiger partial charge >= 0.3 is 5.97 Å². The molecule has 4 bridgehead atoms. The summed E-state index contributed by atoms with van der Waals surface area (Å²) in [5.74, 6) is 2.60. The van der Waals surface area contributed by atoms with Crippen LogP contribution in [0.15, 0.2) is 29.4 Å². The predicted octanol–water partition coefficient (Wildman–Crippen LogP) is 4.41. The number of nitrogens with zero attached hydrogens (tertiary/aromatic N) is 1. The molecule has 0 aliphatic heterocycles. The minimum absolute atomic E-state index is 0.123. The van der Waals surface area contributed by atoms with Crippen LogP contribution in [0, 0.1) is 23.2 Å². The van der Waals surface area contributed by atoms with Crippen LogP contribution in [0.1, 0.15) is 60.9 Å². The van der Waals surface area contributed by atoms with Crippen LogP contribution in [0.5, 0.6) is 0 Å². The van der Waals surface area contributed by atoms with E-state index in [1.54, 1.807) is 7.11 Å². The van der Waals surface area contributed by atoms with Crippen LogP contribution >= 0.6 is 0 Å². The highest BCUT2D eigenvalue weighted by Crippen LogP contribution is 2.66. The molecule has 134 valence electrons. The first kappa shape index (κ1) is 16.6. The van der Waals surface area contributed by atoms with Crippen molar-refractivity contribution >= 4 is 11.7 Å². The number of oxime groups is 1. The van der Waals surface area contributed by atoms with E-state index in [4.69, 9.17) is 9.57 Å². The molecule has 0 spiro atoms. The lowest BCUT2D eigenvalue weighted by Crippen LogP contribution is -2.54. The van der Waals surface area contributed by atoms with Gasteiger partial charge in [-0.3, -0.25) is 0 Å². The zero-order valence-corrected chi connectivity index (χ0v) is 15.3. The van der Waals surface area contributed by atoms with Gasteiger partial charge in [0.05, 0.1) is 18.4 Å². The minimum Gasteiger partial charge on any atom is -0.465 e. The first-order valence-electron chi connectivity index (χ1n) is 9.34. The van der Waals surface area contributed by atoms with Gasteiger partial charge in [-0.15, -0.1) is 0 Å². The molecule has 5 atom stereocenters. The summed E-state index contributed by atoms with van der Waals surface area (Å²) in [6, 6.07) is 8.06. The summed E-state index contributed by atoms with van der Waals surface area (Å²) in [5.41, 5.74) is 3.22. The van der Waals surface area contributed by atoms with Gasteiger partial charge < -0.3 is 9.57 Å². The van der Waals surface area contributed by atoms with Gasteiger partial charge in [-0.1, -0.05) is 17.3 Å². The van der Waals surface area contributed by atoms with Crippen LogP contribution in [0.4, 0.5) is 0 Å². The molecule has 0 radical (unpaired) electrons. The Balaban J connectivity index is 1.73. The zero-order chi connectivity index (χ0) is 17.6. The second kappa shape index (κ2) is 6.15. The molecule has 5 rings (SSSR count). The lowest BCUT2D eigenvalue weighted by molar-refractivity contribution is -0.0375. The molecular formula is C21H27NO3. The maximum atomic E-state index is 11.7. The second-order valence-corrected chi connectivity index (χ2v) is 8.21. The standard InChI is InChI=1S/C21H27NO3/c1-13(22-25-3)21-11-14-8-15(12-21)10-18(9-14)19(21)16-4-6-17(7-5-16)20(23)24-2/h4-7,14-15,18-19H,8-12H2,1-3H3/b22-13+/t14-,15+,18?,19?,21?. The molecule has 0 heterocycles. The minimum atomic E-state index is -0.275. The van der Waals surface area contributed by atoms with Gasteiger partial charge in [0.2, 0.25) is 0 Å². The molecule has 25 heavy (non-hydrogen) atoms. The number of hydrogen-bond acceptors (Lipinski definition) is 4. The van der Waals surface area contributed by atoms with Crippen molar-refractivity contribution in [1.82, 2.24) is 0 Å². The summed E-state index contributed by atoms with van der Waals surface area (Å²) in [7, 11) is 3.07. The third kappa shape index (κ3) is 2.57. The third-order valence-electron chi connectivity index (χ3n) is 6.95. The lowest BCUT2D eigenvalue weighted by atomic mass is 9.43. The Morgan fingerprint density at radius 2 is 1.72 bits per heavy atom. The maximum absolute atomic E-state index is 11.7. The monoisotopic (exact) mass is 341 g/mol. The Morgan fingerprint density at radius 1 is 1.08 bits per heavy atom. The van der Waals surface area contributed by atoms with Crippen molar-refractivity contribution in [2.45, 2.75) is 44.9 Å². The predicted molar refractivity (Wildman–Crippen MR) is 96.6 cm³/mol. The number of carbonyl (C=O) groups is 1. The van der Waals surface area contributed by atoms with Crippen LogP contribution in [-0.2, 0) is 9.57 Å². The van der Waals surface area contributed by atoms with Crippen molar-refractivity contribution in [3.8, 4) is 0 Å². The summed E-state index contributed by atoms with van der Waals surface area (Å²) in [5, 5.41) is 4.39. The second-order valence-electron chi connectivity index (χ2n) is 8.21. The average molecular weight is 341 g/mol. The largest absolute Gasteiger partial charge is 0.465 e. The van der Waals surface area contributed by atoms with E-state index in [0.717, 1.165) is 23.5 Å². The maximum Gasteiger partial charge on any atom is 0.337 e. The van der Waals surface area contributed by atoms with Crippen molar-refractivity contribution in [2.75, 3.05) is 14.2 Å². The van der Waals surface area contributed by atoms with Gasteiger partial charge in [0.1, 0.15) is 7.11 Å². The summed E-state index contributed by atoms with van der Waals surface area (Å²) >= 11 is 0. The van der Waals surface area contributed by atoms with Crippen molar-refractivity contribution in [3.05, 3.63) is 35.4 Å². The Morgan fingerprint density at radius 3 is 2.28 bits per heavy atom. The van der Waals surface area contributed by atoms with E-state index in [2.05, 4.69) is 24.2 Å². The van der Waals surface area contributed by atoms with Crippen LogP contribution in [0.2, 0.25) is 0 Å². The van der Waals surface area contributed by atoms with Gasteiger partial charge in [-0.05, 0) is 80.4 Å². The van der Waals surface area contributed by atoms with Crippen molar-refractivity contribution in [1.29, 1.82) is 0 Å². The first-order chi connectivity index (χ1) is 12.1. The number of esters is 1. The smallest absolute Gasteiger partial charge is 0.337 e. The van der Waals surface area contributed by atoms with Gasteiger partial charge in [-0.25, -0.2) is 4.79 Å². The Bertz CT molecular complexity index is 680. The van der Waals surface area contributed by atoms with E-state index in [9.17, 15) is 4.79 Å². The molecule has 0 N–H and O–H groups in total. The number of methoxy groups -OCH3 is 1. The Labute approximate surface area is 149 Å². The normalized spacial score (nSPS) is 36.4. The van der Waals surface area contributed by atoms with Crippen LogP contribution in [0.25, 0.3) is 0 Å². The van der Waals surface area contributed by atoms with E-state index in [-0.39, 0.29) is 11.4 Å². The van der Waals surface area contributed by atoms with E-state index in [1.807, 2.05) is 12.1 Å². The topological polar surface area (TPSA) is 47.9 Å². The van der Waals surface area contributed by atoms with Gasteiger partial charge in [-0.2, -0.15) is 0 Å². The van der Waals surface area contributed by atoms with Gasteiger partial charge in [0.25, 0.3) is 0 Å². The summed E-state index contributed by atoms with van der Waals surface area (Å²) in [4.78, 5) is 16.9. The molecule has 4 aliphatic rings. The summed E-state index contributed by atoms with van der Waals surface area (Å²) in [6.45, 7) is 2.15. The van der Waals surface area contributed by atoms with Crippen molar-refractivity contribution < 1.29 is 14.4 Å². The average Bonchev–Trinajstić information content (AvgIpc) is 2.61. The van der Waals surface area contributed by atoms with Gasteiger partial charge in [0, 0.05) is 5.41 Å². The van der Waals surface area contributed by atoms with E-state index in [1.165, 1.54) is 44.8 Å². The zero-order valence-electron chi connectivity index (χ0n) is 15.3. The Hall–Kier alpha value is -1.84. The molecule has 4 aliphatic carbocycles. The molecular weight excluding hydrogens is 314 g/mol. The fourth-order valence-electron chi connectivity index (χ4n) is 6.32. The molecule has 0 aromatic heterocycles. The number of hydrogen-bond donors (Lipinski definition) is 0. The van der Waals surface area contributed by atoms with E-state index in [0.29, 0.717) is 11.5 Å². The number of carbonyl (C=O) groups excluding carboxylic acids is 1. The van der Waals surface area contributed by atoms with E-state index >= 15 is 0 Å². The molecule has 1 aromatic carbocycles. The fraction of sp³-hybridized carbons (Fsp3) is 0.619. The number of benzene rings is 1. The summed E-state index contributed by atoms with van der Waals surface area (Å²) < 4.78 is 4.83. The molecule has 4 fully saturated rings. The molecule has 0 saturated heterocycles. The molecule has 1 aromatic rings. The highest BCUT2D eigenvalue weighted by Gasteiger charge is 2.58. The van der Waals surface area contributed by atoms with Crippen LogP contribution < -0.4 is 0 Å². The van der Waals surface area contributed by atoms with Crippen molar-refractivity contribution in [2.24, 2.45) is 28.3 Å². The quantitative estimate of drug-likeness (QED) is 0.463. The highest BCUT2D eigenvalue weighted by molar-refractivity contribution is 5.90. The number of ether oxygens (including phenoxy) is 1. The fourth-order valence-corrected chi connectivity index (χ4v) is 6.32. The lowest BCUT2D eigenvalue weighted by Gasteiger charge is -2.61. The molecule has 3 unspecified atom stereocenters. The molecule has 4 saturated carbocycles. The van der Waals surface area contributed by atoms with E-state index < -0.39 is 0 Å².